The normalized spacial score (nSPS) is 34.3. The fraction of sp³-hybridized carbons (Fsp3) is 0.680. The molecule has 30 heavy (non-hydrogen) atoms. The first-order chi connectivity index (χ1) is 14.6. The van der Waals surface area contributed by atoms with E-state index in [-0.39, 0.29) is 22.7 Å². The number of hydrogen-bond donors (Lipinski definition) is 1. The average Bonchev–Trinajstić information content (AvgIpc) is 3.21. The molecule has 0 spiro atoms. The van der Waals surface area contributed by atoms with Crippen LogP contribution in [-0.2, 0) is 11.2 Å². The molecule has 4 aliphatic carbocycles. The van der Waals surface area contributed by atoms with Gasteiger partial charge in [-0.25, -0.2) is 4.79 Å². The molecule has 1 aromatic carbocycles. The third kappa shape index (κ3) is 4.28. The number of aryl methyl sites for hydroxylation is 1. The van der Waals surface area contributed by atoms with Crippen molar-refractivity contribution in [2.24, 2.45) is 17.8 Å². The first-order valence-electron chi connectivity index (χ1n) is 11.9. The van der Waals surface area contributed by atoms with E-state index in [0.29, 0.717) is 0 Å². The van der Waals surface area contributed by atoms with Gasteiger partial charge in [-0.15, -0.1) is 0 Å². The van der Waals surface area contributed by atoms with Crippen LogP contribution in [-0.4, -0.2) is 39.9 Å². The van der Waals surface area contributed by atoms with E-state index in [0.717, 1.165) is 75.0 Å². The van der Waals surface area contributed by atoms with Crippen molar-refractivity contribution in [1.82, 2.24) is 10.2 Å². The van der Waals surface area contributed by atoms with Crippen molar-refractivity contribution < 1.29 is 9.59 Å². The highest BCUT2D eigenvalue weighted by molar-refractivity contribution is 8.13. The highest BCUT2D eigenvalue weighted by Crippen LogP contribution is 2.55. The molecule has 4 nitrogen and oxygen atoms in total. The maximum atomic E-state index is 13.2. The Morgan fingerprint density at radius 1 is 1.03 bits per heavy atom. The van der Waals surface area contributed by atoms with Crippen LogP contribution in [0.2, 0.25) is 0 Å². The second-order valence-electron chi connectivity index (χ2n) is 10.2. The Labute approximate surface area is 184 Å². The molecule has 4 bridgehead atoms. The maximum absolute atomic E-state index is 13.2. The summed E-state index contributed by atoms with van der Waals surface area (Å²) in [5.41, 5.74) is 1.34. The molecule has 4 saturated carbocycles. The van der Waals surface area contributed by atoms with Crippen LogP contribution < -0.4 is 5.32 Å². The molecule has 0 unspecified atom stereocenters. The van der Waals surface area contributed by atoms with Crippen molar-refractivity contribution in [2.75, 3.05) is 12.3 Å². The van der Waals surface area contributed by atoms with Crippen LogP contribution in [0.1, 0.15) is 63.4 Å². The summed E-state index contributed by atoms with van der Waals surface area (Å²) in [6.07, 6.45) is 11.4. The van der Waals surface area contributed by atoms with Crippen LogP contribution in [0.3, 0.4) is 0 Å². The number of amides is 2. The lowest BCUT2D eigenvalue weighted by molar-refractivity contribution is -0.114. The first-order valence-corrected chi connectivity index (χ1v) is 12.9. The van der Waals surface area contributed by atoms with Gasteiger partial charge < -0.3 is 10.2 Å². The lowest BCUT2D eigenvalue weighted by Crippen LogP contribution is -2.62. The lowest BCUT2D eigenvalue weighted by Gasteiger charge is -2.57. The molecule has 1 saturated heterocycles. The van der Waals surface area contributed by atoms with Gasteiger partial charge in [0, 0.05) is 17.8 Å². The number of benzene rings is 1. The van der Waals surface area contributed by atoms with Gasteiger partial charge in [-0.05, 0) is 87.5 Å². The lowest BCUT2D eigenvalue weighted by atomic mass is 9.53. The summed E-state index contributed by atoms with van der Waals surface area (Å²) >= 11 is 1.42. The number of carbonyl (C=O) groups is 2. The Kier molecular flexibility index (Phi) is 5.83. The van der Waals surface area contributed by atoms with Crippen LogP contribution >= 0.6 is 11.8 Å². The topological polar surface area (TPSA) is 49.4 Å². The quantitative estimate of drug-likeness (QED) is 0.650. The van der Waals surface area contributed by atoms with Gasteiger partial charge in [-0.2, -0.15) is 0 Å². The second-order valence-corrected chi connectivity index (χ2v) is 11.3. The number of rotatable bonds is 6. The summed E-state index contributed by atoms with van der Waals surface area (Å²) in [4.78, 5) is 27.9. The molecule has 5 heteroatoms. The SMILES string of the molecule is O=C(SCCCc1ccccc1)[C@@H]1CCCN1C(=O)NC12CC3CC(CC(C3)C1)C2. The van der Waals surface area contributed by atoms with Crippen LogP contribution in [0.4, 0.5) is 4.79 Å². The zero-order valence-corrected chi connectivity index (χ0v) is 18.7. The van der Waals surface area contributed by atoms with E-state index in [4.69, 9.17) is 0 Å². The van der Waals surface area contributed by atoms with Crippen molar-refractivity contribution >= 4 is 22.9 Å². The minimum absolute atomic E-state index is 0.0187. The third-order valence-corrected chi connectivity index (χ3v) is 8.94. The minimum atomic E-state index is -0.236. The van der Waals surface area contributed by atoms with Gasteiger partial charge in [0.25, 0.3) is 0 Å². The largest absolute Gasteiger partial charge is 0.333 e. The van der Waals surface area contributed by atoms with Gasteiger partial charge in [0.05, 0.1) is 0 Å². The molecule has 2 amide bonds. The monoisotopic (exact) mass is 426 g/mol. The molecule has 1 aromatic rings. The van der Waals surface area contributed by atoms with Crippen LogP contribution in [0.5, 0.6) is 0 Å². The van der Waals surface area contributed by atoms with Crippen molar-refractivity contribution in [3.8, 4) is 0 Å². The van der Waals surface area contributed by atoms with Gasteiger partial charge >= 0.3 is 6.03 Å². The van der Waals surface area contributed by atoms with Gasteiger partial charge in [0.2, 0.25) is 5.12 Å². The molecular formula is C25H34N2O2S. The smallest absolute Gasteiger partial charge is 0.318 e. The summed E-state index contributed by atoms with van der Waals surface area (Å²) in [6.45, 7) is 0.721. The number of carbonyl (C=O) groups excluding carboxylic acids is 2. The fourth-order valence-electron chi connectivity index (χ4n) is 7.01. The summed E-state index contributed by atoms with van der Waals surface area (Å²) in [5.74, 6) is 3.27. The number of thioether (sulfide) groups is 1. The molecule has 5 fully saturated rings. The molecule has 1 heterocycles. The molecule has 0 aromatic heterocycles. The van der Waals surface area contributed by atoms with Crippen LogP contribution in [0, 0.1) is 17.8 Å². The summed E-state index contributed by atoms with van der Waals surface area (Å²) < 4.78 is 0. The standard InChI is InChI=1S/C25H34N2O2S/c28-23(30-11-5-8-18-6-2-1-3-7-18)22-9-4-10-27(22)24(29)26-25-15-19-12-20(16-25)14-21(13-19)17-25/h1-3,6-7,19-22H,4-5,8-17H2,(H,26,29)/t19?,20?,21?,22-,25?/m0/s1. The van der Waals surface area contributed by atoms with E-state index in [9.17, 15) is 9.59 Å². The van der Waals surface area contributed by atoms with E-state index in [1.807, 2.05) is 11.0 Å². The van der Waals surface area contributed by atoms with Crippen molar-refractivity contribution in [1.29, 1.82) is 0 Å². The molecule has 1 aliphatic heterocycles. The zero-order valence-electron chi connectivity index (χ0n) is 17.9. The number of likely N-dealkylation sites (tertiary alicyclic amines) is 1. The van der Waals surface area contributed by atoms with Crippen molar-refractivity contribution in [2.45, 2.75) is 75.8 Å². The highest BCUT2D eigenvalue weighted by atomic mass is 32.2. The van der Waals surface area contributed by atoms with Gasteiger partial charge in [-0.1, -0.05) is 42.1 Å². The van der Waals surface area contributed by atoms with E-state index in [2.05, 4.69) is 29.6 Å². The summed E-state index contributed by atoms with van der Waals surface area (Å²) in [5, 5.41) is 3.65. The molecule has 162 valence electrons. The van der Waals surface area contributed by atoms with E-state index in [1.54, 1.807) is 0 Å². The molecule has 1 atom stereocenters. The molecular weight excluding hydrogens is 392 g/mol. The molecule has 1 N–H and O–H groups in total. The van der Waals surface area contributed by atoms with Crippen LogP contribution in [0.15, 0.2) is 30.3 Å². The predicted molar refractivity (Wildman–Crippen MR) is 121 cm³/mol. The fourth-order valence-corrected chi connectivity index (χ4v) is 7.93. The molecule has 5 aliphatic rings. The van der Waals surface area contributed by atoms with Gasteiger partial charge in [0.15, 0.2) is 0 Å². The highest BCUT2D eigenvalue weighted by Gasteiger charge is 2.52. The van der Waals surface area contributed by atoms with Gasteiger partial charge in [-0.3, -0.25) is 4.79 Å². The Morgan fingerprint density at radius 2 is 1.70 bits per heavy atom. The number of nitrogens with one attached hydrogen (secondary N) is 1. The zero-order chi connectivity index (χ0) is 20.6. The van der Waals surface area contributed by atoms with E-state index >= 15 is 0 Å². The van der Waals surface area contributed by atoms with Crippen molar-refractivity contribution in [3.63, 3.8) is 0 Å². The first kappa shape index (κ1) is 20.4. The average molecular weight is 427 g/mol. The summed E-state index contributed by atoms with van der Waals surface area (Å²) in [6, 6.07) is 10.2. The number of urea groups is 1. The van der Waals surface area contributed by atoms with Crippen molar-refractivity contribution in [3.05, 3.63) is 35.9 Å². The Balaban J connectivity index is 1.13. The minimum Gasteiger partial charge on any atom is -0.333 e. The van der Waals surface area contributed by atoms with E-state index in [1.165, 1.54) is 36.6 Å². The third-order valence-electron chi connectivity index (χ3n) is 7.89. The molecule has 0 radical (unpaired) electrons. The van der Waals surface area contributed by atoms with Crippen LogP contribution in [0.25, 0.3) is 0 Å². The van der Waals surface area contributed by atoms with E-state index < -0.39 is 0 Å². The number of nitrogens with zero attached hydrogens (tertiary/aromatic N) is 1. The second kappa shape index (κ2) is 8.57. The Hall–Kier alpha value is -1.49. The summed E-state index contributed by atoms with van der Waals surface area (Å²) in [7, 11) is 0. The van der Waals surface area contributed by atoms with Gasteiger partial charge in [0.1, 0.15) is 6.04 Å². The molecule has 6 rings (SSSR count). The Bertz CT molecular complexity index is 745. The maximum Gasteiger partial charge on any atom is 0.318 e. The Morgan fingerprint density at radius 3 is 2.37 bits per heavy atom. The number of hydrogen-bond acceptors (Lipinski definition) is 3. The predicted octanol–water partition coefficient (Wildman–Crippen LogP) is 5.02.